The van der Waals surface area contributed by atoms with Gasteiger partial charge in [-0.3, -0.25) is 9.52 Å². The second kappa shape index (κ2) is 8.49. The molecule has 3 aromatic carbocycles. The van der Waals surface area contributed by atoms with Crippen molar-refractivity contribution in [2.24, 2.45) is 0 Å². The Morgan fingerprint density at radius 2 is 1.55 bits per heavy atom. The molecule has 0 aliphatic carbocycles. The van der Waals surface area contributed by atoms with Gasteiger partial charge in [0.1, 0.15) is 0 Å². The molecule has 0 aliphatic rings. The van der Waals surface area contributed by atoms with Gasteiger partial charge < -0.3 is 4.90 Å². The van der Waals surface area contributed by atoms with E-state index in [-0.39, 0.29) is 10.8 Å². The summed E-state index contributed by atoms with van der Waals surface area (Å²) in [5.74, 6) is -0.166. The number of anilines is 1. The Morgan fingerprint density at radius 1 is 0.897 bits per heavy atom. The third kappa shape index (κ3) is 4.84. The summed E-state index contributed by atoms with van der Waals surface area (Å²) in [6.45, 7) is 4.28. The number of nitrogens with one attached hydrogen (secondary N) is 1. The average Bonchev–Trinajstić information content (AvgIpc) is 2.71. The maximum atomic E-state index is 12.7. The van der Waals surface area contributed by atoms with Crippen LogP contribution in [-0.2, 0) is 16.6 Å². The fourth-order valence-corrected chi connectivity index (χ4v) is 4.11. The molecule has 29 heavy (non-hydrogen) atoms. The van der Waals surface area contributed by atoms with Gasteiger partial charge in [0.15, 0.2) is 0 Å². The first-order chi connectivity index (χ1) is 13.8. The van der Waals surface area contributed by atoms with Crippen molar-refractivity contribution in [3.05, 3.63) is 95.1 Å². The largest absolute Gasteiger partial charge is 0.337 e. The van der Waals surface area contributed by atoms with Gasteiger partial charge in [0, 0.05) is 19.2 Å². The fourth-order valence-electron chi connectivity index (χ4n) is 2.99. The zero-order valence-electron chi connectivity index (χ0n) is 16.7. The summed E-state index contributed by atoms with van der Waals surface area (Å²) in [5.41, 5.74) is 3.90. The number of carbonyl (C=O) groups is 1. The van der Waals surface area contributed by atoms with Gasteiger partial charge in [-0.2, -0.15) is 0 Å². The first kappa shape index (κ1) is 20.6. The molecule has 0 radical (unpaired) electrons. The van der Waals surface area contributed by atoms with E-state index in [1.165, 1.54) is 12.1 Å². The SMILES string of the molecule is Cc1cccc(NS(=O)(=O)c2ccc(C(=O)N(C)Cc3ccccc3)cc2)c1C. The van der Waals surface area contributed by atoms with Crippen LogP contribution in [0, 0.1) is 13.8 Å². The number of amides is 1. The summed E-state index contributed by atoms with van der Waals surface area (Å²) in [4.78, 5) is 14.4. The van der Waals surface area contributed by atoms with Crippen molar-refractivity contribution in [3.8, 4) is 0 Å². The Balaban J connectivity index is 1.75. The van der Waals surface area contributed by atoms with Crippen molar-refractivity contribution < 1.29 is 13.2 Å². The van der Waals surface area contributed by atoms with Crippen LogP contribution in [0.3, 0.4) is 0 Å². The minimum atomic E-state index is -3.74. The number of sulfonamides is 1. The molecule has 0 aliphatic heterocycles. The molecule has 5 nitrogen and oxygen atoms in total. The predicted octanol–water partition coefficient (Wildman–Crippen LogP) is 4.38. The molecule has 1 amide bonds. The molecule has 0 bridgehead atoms. The maximum Gasteiger partial charge on any atom is 0.261 e. The molecule has 0 fully saturated rings. The lowest BCUT2D eigenvalue weighted by Gasteiger charge is -2.17. The zero-order valence-corrected chi connectivity index (χ0v) is 17.5. The molecular weight excluding hydrogens is 384 g/mol. The normalized spacial score (nSPS) is 11.1. The van der Waals surface area contributed by atoms with E-state index in [2.05, 4.69) is 4.72 Å². The average molecular weight is 409 g/mol. The molecule has 0 atom stereocenters. The van der Waals surface area contributed by atoms with Crippen molar-refractivity contribution in [2.75, 3.05) is 11.8 Å². The number of benzene rings is 3. The molecule has 0 aromatic heterocycles. The van der Waals surface area contributed by atoms with Gasteiger partial charge in [0.05, 0.1) is 10.6 Å². The van der Waals surface area contributed by atoms with Gasteiger partial charge in [-0.15, -0.1) is 0 Å². The second-order valence-electron chi connectivity index (χ2n) is 7.02. The van der Waals surface area contributed by atoms with E-state index >= 15 is 0 Å². The Bertz CT molecular complexity index is 1110. The highest BCUT2D eigenvalue weighted by Crippen LogP contribution is 2.22. The van der Waals surface area contributed by atoms with Crippen LogP contribution in [0.4, 0.5) is 5.69 Å². The summed E-state index contributed by atoms with van der Waals surface area (Å²) in [5, 5.41) is 0. The molecule has 0 spiro atoms. The Hall–Kier alpha value is -3.12. The van der Waals surface area contributed by atoms with E-state index in [9.17, 15) is 13.2 Å². The fraction of sp³-hybridized carbons (Fsp3) is 0.174. The lowest BCUT2D eigenvalue weighted by atomic mass is 10.1. The first-order valence-electron chi connectivity index (χ1n) is 9.26. The van der Waals surface area contributed by atoms with Crippen LogP contribution in [0.15, 0.2) is 77.7 Å². The minimum absolute atomic E-state index is 0.112. The second-order valence-corrected chi connectivity index (χ2v) is 8.71. The lowest BCUT2D eigenvalue weighted by molar-refractivity contribution is 0.0785. The van der Waals surface area contributed by atoms with E-state index in [1.807, 2.05) is 56.3 Å². The number of nitrogens with zero attached hydrogens (tertiary/aromatic N) is 1. The van der Waals surface area contributed by atoms with Crippen LogP contribution in [0.2, 0.25) is 0 Å². The molecule has 6 heteroatoms. The first-order valence-corrected chi connectivity index (χ1v) is 10.7. The van der Waals surface area contributed by atoms with Gasteiger partial charge in [-0.25, -0.2) is 8.42 Å². The molecule has 1 N–H and O–H groups in total. The number of aryl methyl sites for hydroxylation is 1. The van der Waals surface area contributed by atoms with E-state index < -0.39 is 10.0 Å². The topological polar surface area (TPSA) is 66.5 Å². The molecule has 0 saturated carbocycles. The molecule has 0 saturated heterocycles. The number of hydrogen-bond donors (Lipinski definition) is 1. The van der Waals surface area contributed by atoms with Crippen molar-refractivity contribution in [1.29, 1.82) is 0 Å². The van der Waals surface area contributed by atoms with Crippen molar-refractivity contribution in [2.45, 2.75) is 25.3 Å². The van der Waals surface area contributed by atoms with Gasteiger partial charge in [0.2, 0.25) is 0 Å². The van der Waals surface area contributed by atoms with Crippen LogP contribution in [0.1, 0.15) is 27.0 Å². The van der Waals surface area contributed by atoms with Crippen LogP contribution < -0.4 is 4.72 Å². The van der Waals surface area contributed by atoms with Crippen LogP contribution in [-0.4, -0.2) is 26.3 Å². The quantitative estimate of drug-likeness (QED) is 0.658. The summed E-state index contributed by atoms with van der Waals surface area (Å²) in [6.07, 6.45) is 0. The highest BCUT2D eigenvalue weighted by atomic mass is 32.2. The highest BCUT2D eigenvalue weighted by Gasteiger charge is 2.18. The highest BCUT2D eigenvalue weighted by molar-refractivity contribution is 7.92. The third-order valence-corrected chi connectivity index (χ3v) is 6.25. The standard InChI is InChI=1S/C23H24N2O3S/c1-17-8-7-11-22(18(17)2)24-29(27,28)21-14-12-20(13-15-21)23(26)25(3)16-19-9-5-4-6-10-19/h4-15,24H,16H2,1-3H3. The Kier molecular flexibility index (Phi) is 6.03. The van der Waals surface area contributed by atoms with Crippen molar-refractivity contribution in [1.82, 2.24) is 4.90 Å². The van der Waals surface area contributed by atoms with Gasteiger partial charge in [-0.05, 0) is 60.9 Å². The molecule has 150 valence electrons. The van der Waals surface area contributed by atoms with Crippen molar-refractivity contribution >= 4 is 21.6 Å². The van der Waals surface area contributed by atoms with Gasteiger partial charge in [0.25, 0.3) is 15.9 Å². The molecule has 3 rings (SSSR count). The number of rotatable bonds is 6. The van der Waals surface area contributed by atoms with E-state index in [1.54, 1.807) is 30.1 Å². The maximum absolute atomic E-state index is 12.7. The van der Waals surface area contributed by atoms with E-state index in [0.29, 0.717) is 17.8 Å². The Labute approximate surface area is 172 Å². The lowest BCUT2D eigenvalue weighted by Crippen LogP contribution is -2.26. The summed E-state index contributed by atoms with van der Waals surface area (Å²) in [6, 6.07) is 21.2. The van der Waals surface area contributed by atoms with Crippen LogP contribution >= 0.6 is 0 Å². The monoisotopic (exact) mass is 408 g/mol. The van der Waals surface area contributed by atoms with E-state index in [4.69, 9.17) is 0 Å². The minimum Gasteiger partial charge on any atom is -0.337 e. The van der Waals surface area contributed by atoms with Crippen LogP contribution in [0.25, 0.3) is 0 Å². The summed E-state index contributed by atoms with van der Waals surface area (Å²) >= 11 is 0. The van der Waals surface area contributed by atoms with Gasteiger partial charge >= 0.3 is 0 Å². The summed E-state index contributed by atoms with van der Waals surface area (Å²) in [7, 11) is -2.01. The smallest absolute Gasteiger partial charge is 0.261 e. The van der Waals surface area contributed by atoms with Crippen molar-refractivity contribution in [3.63, 3.8) is 0 Å². The molecule has 3 aromatic rings. The number of carbonyl (C=O) groups excluding carboxylic acids is 1. The third-order valence-electron chi connectivity index (χ3n) is 4.87. The van der Waals surface area contributed by atoms with Gasteiger partial charge in [-0.1, -0.05) is 42.5 Å². The molecular formula is C23H24N2O3S. The zero-order chi connectivity index (χ0) is 21.0. The van der Waals surface area contributed by atoms with Crippen LogP contribution in [0.5, 0.6) is 0 Å². The molecule has 0 heterocycles. The Morgan fingerprint density at radius 3 is 2.21 bits per heavy atom. The number of hydrogen-bond acceptors (Lipinski definition) is 3. The predicted molar refractivity (Wildman–Crippen MR) is 115 cm³/mol. The molecule has 0 unspecified atom stereocenters. The summed E-state index contributed by atoms with van der Waals surface area (Å²) < 4.78 is 28.1. The van der Waals surface area contributed by atoms with E-state index in [0.717, 1.165) is 16.7 Å².